The fraction of sp³-hybridized carbons (Fsp3) is 0.520. The largest absolute Gasteiger partial charge is 0.350 e. The van der Waals surface area contributed by atoms with Gasteiger partial charge in [0.1, 0.15) is 5.56 Å². The lowest BCUT2D eigenvalue weighted by molar-refractivity contribution is 0.102. The number of nitrogens with one attached hydrogen (secondary N) is 1. The summed E-state index contributed by atoms with van der Waals surface area (Å²) in [4.78, 5) is 26.5. The van der Waals surface area contributed by atoms with Crippen LogP contribution in [0.5, 0.6) is 0 Å². The van der Waals surface area contributed by atoms with Gasteiger partial charge in [-0.1, -0.05) is 60.1 Å². The molecule has 0 aliphatic rings. The molecule has 2 aromatic rings. The van der Waals surface area contributed by atoms with E-state index >= 15 is 0 Å². The number of nitrogens with zero attached hydrogens (tertiary/aromatic N) is 1. The zero-order valence-corrected chi connectivity index (χ0v) is 21.2. The maximum absolute atomic E-state index is 13.4. The Balaban J connectivity index is 2.65. The Morgan fingerprint density at radius 3 is 2.07 bits per heavy atom. The number of aryl methyl sites for hydroxylation is 2. The molecule has 0 spiro atoms. The Bertz CT molecular complexity index is 988. The number of anilines is 1. The van der Waals surface area contributed by atoms with Gasteiger partial charge in [-0.2, -0.15) is 0 Å². The van der Waals surface area contributed by atoms with Crippen molar-refractivity contribution in [3.63, 3.8) is 0 Å². The third-order valence-electron chi connectivity index (χ3n) is 5.82. The van der Waals surface area contributed by atoms with E-state index in [4.69, 9.17) is 0 Å². The molecule has 0 bridgehead atoms. The van der Waals surface area contributed by atoms with Crippen LogP contribution in [0.3, 0.4) is 0 Å². The van der Waals surface area contributed by atoms with Crippen LogP contribution in [-0.4, -0.2) is 10.5 Å². The zero-order valence-electron chi connectivity index (χ0n) is 19.6. The van der Waals surface area contributed by atoms with E-state index < -0.39 is 0 Å². The molecule has 1 amide bonds. The summed E-state index contributed by atoms with van der Waals surface area (Å²) in [6, 6.07) is 4.37. The standard InChI is InChI=1S/C25H35BrN2O2/c1-9-12-19-20(23(29)21(26)15(4)28(19)8)24(30)27-22-16(10-2)13-18(25(5,6)7)14-17(22)11-3/h13-14H,9-12H2,1-8H3,(H,27,30). The summed E-state index contributed by atoms with van der Waals surface area (Å²) in [5.41, 5.74) is 5.95. The molecule has 4 nitrogen and oxygen atoms in total. The SMILES string of the molecule is CCCc1c(C(=O)Nc2c(CC)cc(C(C)(C)C)cc2CC)c(=O)c(Br)c(C)n1C. The lowest BCUT2D eigenvalue weighted by Crippen LogP contribution is -2.29. The summed E-state index contributed by atoms with van der Waals surface area (Å²) < 4.78 is 2.40. The van der Waals surface area contributed by atoms with E-state index in [1.807, 2.05) is 18.5 Å². The highest BCUT2D eigenvalue weighted by Gasteiger charge is 2.24. The van der Waals surface area contributed by atoms with Crippen molar-refractivity contribution in [1.82, 2.24) is 4.57 Å². The molecule has 5 heteroatoms. The van der Waals surface area contributed by atoms with Gasteiger partial charge in [-0.05, 0) is 64.2 Å². The average molecular weight is 475 g/mol. The van der Waals surface area contributed by atoms with E-state index in [9.17, 15) is 9.59 Å². The first-order chi connectivity index (χ1) is 14.0. The molecule has 1 aromatic carbocycles. The summed E-state index contributed by atoms with van der Waals surface area (Å²) in [6.07, 6.45) is 3.15. The highest BCUT2D eigenvalue weighted by Crippen LogP contribution is 2.31. The van der Waals surface area contributed by atoms with Gasteiger partial charge in [-0.3, -0.25) is 9.59 Å². The molecular formula is C25H35BrN2O2. The summed E-state index contributed by atoms with van der Waals surface area (Å²) in [7, 11) is 1.91. The van der Waals surface area contributed by atoms with E-state index in [1.165, 1.54) is 5.56 Å². The Morgan fingerprint density at radius 2 is 1.63 bits per heavy atom. The number of carbonyl (C=O) groups is 1. The molecule has 0 unspecified atom stereocenters. The molecule has 0 atom stereocenters. The van der Waals surface area contributed by atoms with Gasteiger partial charge in [0.15, 0.2) is 0 Å². The van der Waals surface area contributed by atoms with Gasteiger partial charge in [0, 0.05) is 24.1 Å². The zero-order chi connectivity index (χ0) is 22.8. The molecule has 30 heavy (non-hydrogen) atoms. The van der Waals surface area contributed by atoms with E-state index in [0.29, 0.717) is 10.9 Å². The quantitative estimate of drug-likeness (QED) is 0.550. The van der Waals surface area contributed by atoms with E-state index in [1.54, 1.807) is 0 Å². The van der Waals surface area contributed by atoms with Gasteiger partial charge in [0.2, 0.25) is 5.43 Å². The van der Waals surface area contributed by atoms with Crippen LogP contribution in [0.15, 0.2) is 21.4 Å². The lowest BCUT2D eigenvalue weighted by atomic mass is 9.83. The monoisotopic (exact) mass is 474 g/mol. The van der Waals surface area contributed by atoms with Gasteiger partial charge in [-0.15, -0.1) is 0 Å². The van der Waals surface area contributed by atoms with Crippen molar-refractivity contribution < 1.29 is 4.79 Å². The molecule has 0 saturated heterocycles. The molecule has 164 valence electrons. The summed E-state index contributed by atoms with van der Waals surface area (Å²) in [6.45, 7) is 14.7. The summed E-state index contributed by atoms with van der Waals surface area (Å²) in [5, 5.41) is 3.12. The molecule has 0 aliphatic heterocycles. The van der Waals surface area contributed by atoms with Crippen LogP contribution in [0, 0.1) is 6.92 Å². The first kappa shape index (κ1) is 24.4. The van der Waals surface area contributed by atoms with Crippen molar-refractivity contribution in [3.8, 4) is 0 Å². The van der Waals surface area contributed by atoms with Crippen molar-refractivity contribution in [1.29, 1.82) is 0 Å². The number of carbonyl (C=O) groups excluding carboxylic acids is 1. The van der Waals surface area contributed by atoms with Crippen LogP contribution in [0.25, 0.3) is 0 Å². The van der Waals surface area contributed by atoms with Crippen LogP contribution in [-0.2, 0) is 31.7 Å². The van der Waals surface area contributed by atoms with Crippen molar-refractivity contribution in [2.75, 3.05) is 5.32 Å². The summed E-state index contributed by atoms with van der Waals surface area (Å²) >= 11 is 3.39. The van der Waals surface area contributed by atoms with E-state index in [-0.39, 0.29) is 22.3 Å². The lowest BCUT2D eigenvalue weighted by Gasteiger charge is -2.24. The number of hydrogen-bond donors (Lipinski definition) is 1. The van der Waals surface area contributed by atoms with Crippen LogP contribution in [0.2, 0.25) is 0 Å². The van der Waals surface area contributed by atoms with E-state index in [2.05, 4.69) is 74.9 Å². The number of rotatable bonds is 6. The molecule has 1 heterocycles. The predicted molar refractivity (Wildman–Crippen MR) is 130 cm³/mol. The molecule has 0 aliphatic carbocycles. The average Bonchev–Trinajstić information content (AvgIpc) is 2.69. The third kappa shape index (κ3) is 4.72. The Kier molecular flexibility index (Phi) is 7.73. The van der Waals surface area contributed by atoms with Crippen LogP contribution in [0.4, 0.5) is 5.69 Å². The maximum Gasteiger partial charge on any atom is 0.261 e. The van der Waals surface area contributed by atoms with Crippen molar-refractivity contribution in [3.05, 3.63) is 60.5 Å². The molecule has 1 N–H and O–H groups in total. The number of benzene rings is 1. The van der Waals surface area contributed by atoms with Gasteiger partial charge >= 0.3 is 0 Å². The maximum atomic E-state index is 13.4. The van der Waals surface area contributed by atoms with Crippen molar-refractivity contribution in [2.45, 2.75) is 79.6 Å². The predicted octanol–water partition coefficient (Wildman–Crippen LogP) is 6.08. The molecule has 0 saturated carbocycles. The van der Waals surface area contributed by atoms with Gasteiger partial charge in [-0.25, -0.2) is 0 Å². The second-order valence-electron chi connectivity index (χ2n) is 8.94. The topological polar surface area (TPSA) is 51.1 Å². The molecule has 2 rings (SSSR count). The number of hydrogen-bond acceptors (Lipinski definition) is 2. The highest BCUT2D eigenvalue weighted by atomic mass is 79.9. The Morgan fingerprint density at radius 1 is 1.10 bits per heavy atom. The van der Waals surface area contributed by atoms with Gasteiger partial charge < -0.3 is 9.88 Å². The number of amides is 1. The normalized spacial score (nSPS) is 11.6. The second kappa shape index (κ2) is 9.51. The fourth-order valence-corrected chi connectivity index (χ4v) is 4.25. The fourth-order valence-electron chi connectivity index (χ4n) is 3.78. The third-order valence-corrected chi connectivity index (χ3v) is 6.76. The molecule has 1 aromatic heterocycles. The molecule has 0 radical (unpaired) electrons. The minimum atomic E-state index is -0.326. The molecular weight excluding hydrogens is 440 g/mol. The minimum Gasteiger partial charge on any atom is -0.350 e. The Labute approximate surface area is 189 Å². The minimum absolute atomic E-state index is 0.0302. The first-order valence-electron chi connectivity index (χ1n) is 10.8. The van der Waals surface area contributed by atoms with E-state index in [0.717, 1.165) is 47.5 Å². The molecule has 0 fully saturated rings. The second-order valence-corrected chi connectivity index (χ2v) is 9.73. The van der Waals surface area contributed by atoms with Gasteiger partial charge in [0.05, 0.1) is 4.47 Å². The van der Waals surface area contributed by atoms with Crippen LogP contribution in [0.1, 0.15) is 86.4 Å². The highest BCUT2D eigenvalue weighted by molar-refractivity contribution is 9.10. The summed E-state index contributed by atoms with van der Waals surface area (Å²) in [5.74, 6) is -0.326. The number of pyridine rings is 1. The van der Waals surface area contributed by atoms with Crippen molar-refractivity contribution in [2.24, 2.45) is 7.05 Å². The van der Waals surface area contributed by atoms with Crippen LogP contribution < -0.4 is 10.7 Å². The smallest absolute Gasteiger partial charge is 0.261 e. The first-order valence-corrected chi connectivity index (χ1v) is 11.6. The number of aromatic nitrogens is 1. The van der Waals surface area contributed by atoms with Gasteiger partial charge in [0.25, 0.3) is 5.91 Å². The number of halogens is 1. The Hall–Kier alpha value is -1.88. The van der Waals surface area contributed by atoms with Crippen molar-refractivity contribution >= 4 is 27.5 Å². The van der Waals surface area contributed by atoms with Crippen LogP contribution >= 0.6 is 15.9 Å².